The molecule has 0 aliphatic rings. The molecular weight excluding hydrogens is 326 g/mol. The first-order valence-electron chi connectivity index (χ1n) is 7.43. The number of aromatic nitrogens is 4. The highest BCUT2D eigenvalue weighted by atomic mass is 32.1. The van der Waals surface area contributed by atoms with Crippen LogP contribution in [0.15, 0.2) is 47.3 Å². The molecule has 0 aliphatic carbocycles. The summed E-state index contributed by atoms with van der Waals surface area (Å²) in [6.07, 6.45) is 2.46. The lowest BCUT2D eigenvalue weighted by atomic mass is 10.2. The molecule has 8 heteroatoms. The molecule has 4 aromatic rings. The van der Waals surface area contributed by atoms with Crippen LogP contribution in [0.1, 0.15) is 16.7 Å². The minimum Gasteiger partial charge on any atom is -0.464 e. The number of aliphatic hydroxyl groups excluding tert-OH is 1. The SMILES string of the molecule is Cc1cc(NCC(O)c2ccc(-c3ccco3)s2)n2ncnc2n1. The van der Waals surface area contributed by atoms with E-state index in [0.29, 0.717) is 12.3 Å². The van der Waals surface area contributed by atoms with Gasteiger partial charge < -0.3 is 14.8 Å². The van der Waals surface area contributed by atoms with E-state index in [1.807, 2.05) is 37.3 Å². The lowest BCUT2D eigenvalue weighted by molar-refractivity contribution is 0.195. The summed E-state index contributed by atoms with van der Waals surface area (Å²) >= 11 is 1.51. The highest BCUT2D eigenvalue weighted by molar-refractivity contribution is 7.15. The van der Waals surface area contributed by atoms with Crippen molar-refractivity contribution >= 4 is 22.9 Å². The second-order valence-corrected chi connectivity index (χ2v) is 6.45. The van der Waals surface area contributed by atoms with Crippen LogP contribution in [-0.4, -0.2) is 31.2 Å². The molecule has 0 amide bonds. The summed E-state index contributed by atoms with van der Waals surface area (Å²) in [5.74, 6) is 2.08. The first kappa shape index (κ1) is 14.9. The van der Waals surface area contributed by atoms with Crippen LogP contribution < -0.4 is 5.32 Å². The monoisotopic (exact) mass is 341 g/mol. The van der Waals surface area contributed by atoms with Crippen LogP contribution in [0.4, 0.5) is 5.82 Å². The average molecular weight is 341 g/mol. The van der Waals surface area contributed by atoms with Gasteiger partial charge in [-0.1, -0.05) is 0 Å². The molecule has 0 saturated carbocycles. The fraction of sp³-hybridized carbons (Fsp3) is 0.188. The number of furan rings is 1. The summed E-state index contributed by atoms with van der Waals surface area (Å²) < 4.78 is 7.00. The third-order valence-corrected chi connectivity index (χ3v) is 4.78. The summed E-state index contributed by atoms with van der Waals surface area (Å²) in [5, 5.41) is 17.8. The molecule has 0 bridgehead atoms. The predicted octanol–water partition coefficient (Wildman–Crippen LogP) is 2.90. The maximum atomic E-state index is 10.4. The van der Waals surface area contributed by atoms with Crippen LogP contribution in [0.3, 0.4) is 0 Å². The molecule has 1 unspecified atom stereocenters. The Morgan fingerprint density at radius 2 is 2.29 bits per heavy atom. The first-order valence-corrected chi connectivity index (χ1v) is 8.25. The Morgan fingerprint density at radius 1 is 1.38 bits per heavy atom. The number of fused-ring (bicyclic) bond motifs is 1. The number of rotatable bonds is 5. The molecule has 4 aromatic heterocycles. The fourth-order valence-corrected chi connectivity index (χ4v) is 3.40. The first-order chi connectivity index (χ1) is 11.7. The third-order valence-electron chi connectivity index (χ3n) is 3.58. The van der Waals surface area contributed by atoms with E-state index in [1.54, 1.807) is 10.8 Å². The maximum absolute atomic E-state index is 10.4. The van der Waals surface area contributed by atoms with Crippen molar-refractivity contribution in [1.29, 1.82) is 0 Å². The van der Waals surface area contributed by atoms with Crippen molar-refractivity contribution in [3.8, 4) is 10.6 Å². The van der Waals surface area contributed by atoms with Crippen molar-refractivity contribution in [3.63, 3.8) is 0 Å². The van der Waals surface area contributed by atoms with Gasteiger partial charge in [0.15, 0.2) is 0 Å². The zero-order valence-corrected chi connectivity index (χ0v) is 13.7. The van der Waals surface area contributed by atoms with Gasteiger partial charge in [-0.05, 0) is 31.2 Å². The van der Waals surface area contributed by atoms with Crippen LogP contribution in [0, 0.1) is 6.92 Å². The summed E-state index contributed by atoms with van der Waals surface area (Å²) in [5.41, 5.74) is 0.837. The van der Waals surface area contributed by atoms with Crippen molar-refractivity contribution in [2.45, 2.75) is 13.0 Å². The molecule has 7 nitrogen and oxygen atoms in total. The van der Waals surface area contributed by atoms with Gasteiger partial charge >= 0.3 is 0 Å². The topological polar surface area (TPSA) is 88.5 Å². The number of aliphatic hydroxyl groups is 1. The van der Waals surface area contributed by atoms with Gasteiger partial charge in [0.1, 0.15) is 24.0 Å². The van der Waals surface area contributed by atoms with E-state index < -0.39 is 6.10 Å². The maximum Gasteiger partial charge on any atom is 0.254 e. The smallest absolute Gasteiger partial charge is 0.254 e. The number of anilines is 1. The molecule has 0 radical (unpaired) electrons. The van der Waals surface area contributed by atoms with Crippen molar-refractivity contribution in [2.75, 3.05) is 11.9 Å². The van der Waals surface area contributed by atoms with Gasteiger partial charge in [-0.3, -0.25) is 0 Å². The molecular formula is C16H15N5O2S. The normalized spacial score (nSPS) is 12.6. The third kappa shape index (κ3) is 2.77. The van der Waals surface area contributed by atoms with Crippen LogP contribution in [0.2, 0.25) is 0 Å². The summed E-state index contributed by atoms with van der Waals surface area (Å²) in [6.45, 7) is 2.25. The van der Waals surface area contributed by atoms with Crippen molar-refractivity contribution in [2.24, 2.45) is 0 Å². The van der Waals surface area contributed by atoms with E-state index in [-0.39, 0.29) is 0 Å². The van der Waals surface area contributed by atoms with Crippen LogP contribution in [0.5, 0.6) is 0 Å². The van der Waals surface area contributed by atoms with E-state index in [9.17, 15) is 5.11 Å². The molecule has 0 fully saturated rings. The number of aryl methyl sites for hydroxylation is 1. The van der Waals surface area contributed by atoms with Gasteiger partial charge in [0.05, 0.1) is 11.1 Å². The second-order valence-electron chi connectivity index (χ2n) is 5.33. The molecule has 1 atom stereocenters. The Morgan fingerprint density at radius 3 is 3.12 bits per heavy atom. The largest absolute Gasteiger partial charge is 0.464 e. The number of nitrogens with one attached hydrogen (secondary N) is 1. The number of hydrogen-bond acceptors (Lipinski definition) is 7. The summed E-state index contributed by atoms with van der Waals surface area (Å²) in [6, 6.07) is 9.49. The Kier molecular flexibility index (Phi) is 3.75. The molecule has 4 heterocycles. The van der Waals surface area contributed by atoms with Crippen LogP contribution in [-0.2, 0) is 0 Å². The zero-order valence-electron chi connectivity index (χ0n) is 12.9. The Bertz CT molecular complexity index is 960. The van der Waals surface area contributed by atoms with Crippen molar-refractivity contribution < 1.29 is 9.52 Å². The minimum atomic E-state index is -0.634. The molecule has 0 aliphatic heterocycles. The van der Waals surface area contributed by atoms with Crippen molar-refractivity contribution in [1.82, 2.24) is 19.6 Å². The lowest BCUT2D eigenvalue weighted by Gasteiger charge is -2.12. The van der Waals surface area contributed by atoms with E-state index in [1.165, 1.54) is 17.7 Å². The Balaban J connectivity index is 1.50. The molecule has 24 heavy (non-hydrogen) atoms. The highest BCUT2D eigenvalue weighted by Crippen LogP contribution is 2.31. The summed E-state index contributed by atoms with van der Waals surface area (Å²) in [7, 11) is 0. The zero-order chi connectivity index (χ0) is 16.5. The van der Waals surface area contributed by atoms with E-state index in [4.69, 9.17) is 4.42 Å². The fourth-order valence-electron chi connectivity index (χ4n) is 2.44. The molecule has 122 valence electrons. The number of thiophene rings is 1. The van der Waals surface area contributed by atoms with E-state index >= 15 is 0 Å². The van der Waals surface area contributed by atoms with Gasteiger partial charge in [0.2, 0.25) is 0 Å². The van der Waals surface area contributed by atoms with Crippen molar-refractivity contribution in [3.05, 3.63) is 53.5 Å². The van der Waals surface area contributed by atoms with Crippen LogP contribution in [0.25, 0.3) is 16.4 Å². The van der Waals surface area contributed by atoms with Gasteiger partial charge in [-0.25, -0.2) is 4.98 Å². The Hall–Kier alpha value is -2.71. The van der Waals surface area contributed by atoms with E-state index in [0.717, 1.165) is 27.0 Å². The number of hydrogen-bond donors (Lipinski definition) is 2. The predicted molar refractivity (Wildman–Crippen MR) is 91.0 cm³/mol. The lowest BCUT2D eigenvalue weighted by Crippen LogP contribution is -2.14. The second kappa shape index (κ2) is 6.06. The number of nitrogens with zero attached hydrogens (tertiary/aromatic N) is 4. The minimum absolute atomic E-state index is 0.358. The quantitative estimate of drug-likeness (QED) is 0.580. The van der Waals surface area contributed by atoms with Gasteiger partial charge in [-0.15, -0.1) is 11.3 Å². The highest BCUT2D eigenvalue weighted by Gasteiger charge is 2.14. The molecule has 2 N–H and O–H groups in total. The molecule has 4 rings (SSSR count). The van der Waals surface area contributed by atoms with E-state index in [2.05, 4.69) is 20.4 Å². The average Bonchev–Trinajstić information content (AvgIpc) is 3.31. The molecule has 0 spiro atoms. The van der Waals surface area contributed by atoms with Gasteiger partial charge in [0, 0.05) is 23.2 Å². The molecule has 0 saturated heterocycles. The standard InChI is InChI=1S/C16H15N5O2S/c1-10-7-15(21-16(20-10)18-9-19-21)17-8-11(22)13-4-5-14(24-13)12-3-2-6-23-12/h2-7,9,11,17,22H,8H2,1H3. The van der Waals surface area contributed by atoms with Gasteiger partial charge in [0.25, 0.3) is 5.78 Å². The van der Waals surface area contributed by atoms with Gasteiger partial charge in [-0.2, -0.15) is 14.6 Å². The summed E-state index contributed by atoms with van der Waals surface area (Å²) in [4.78, 5) is 10.2. The van der Waals surface area contributed by atoms with Crippen LogP contribution >= 0.6 is 11.3 Å². The Labute approximate surface area is 141 Å². The molecule has 0 aromatic carbocycles.